The average Bonchev–Trinajstić information content (AvgIpc) is 2.55. The van der Waals surface area contributed by atoms with E-state index in [1.54, 1.807) is 0 Å². The van der Waals surface area contributed by atoms with Crippen LogP contribution >= 0.6 is 0 Å². The van der Waals surface area contributed by atoms with Gasteiger partial charge in [0.05, 0.1) is 19.3 Å². The van der Waals surface area contributed by atoms with E-state index in [1.807, 2.05) is 0 Å². The maximum Gasteiger partial charge on any atom is 0.253 e. The molecule has 24 heavy (non-hydrogen) atoms. The zero-order valence-corrected chi connectivity index (χ0v) is 13.3. The summed E-state index contributed by atoms with van der Waals surface area (Å²) in [4.78, 5) is 15.1. The minimum atomic E-state index is -0.779. The topological polar surface area (TPSA) is 122 Å². The maximum absolute atomic E-state index is 13.4. The van der Waals surface area contributed by atoms with Crippen molar-refractivity contribution in [1.29, 1.82) is 5.41 Å². The first-order valence-electron chi connectivity index (χ1n) is 7.41. The average molecular weight is 337 g/mol. The summed E-state index contributed by atoms with van der Waals surface area (Å²) in [5.74, 6) is -1.77. The fourth-order valence-corrected chi connectivity index (χ4v) is 2.20. The van der Waals surface area contributed by atoms with Crippen LogP contribution in [0.3, 0.4) is 0 Å². The predicted molar refractivity (Wildman–Crippen MR) is 86.4 cm³/mol. The van der Waals surface area contributed by atoms with E-state index in [1.165, 1.54) is 19.4 Å². The van der Waals surface area contributed by atoms with Gasteiger partial charge in [-0.25, -0.2) is 0 Å². The van der Waals surface area contributed by atoms with Crippen LogP contribution in [0, 0.1) is 11.4 Å². The smallest absolute Gasteiger partial charge is 0.253 e. The van der Waals surface area contributed by atoms with Gasteiger partial charge in [0.25, 0.3) is 5.91 Å². The molecule has 0 spiro atoms. The van der Waals surface area contributed by atoms with E-state index < -0.39 is 11.9 Å². The van der Waals surface area contributed by atoms with Crippen molar-refractivity contribution >= 4 is 17.4 Å². The van der Waals surface area contributed by atoms with E-state index in [-0.39, 0.29) is 29.0 Å². The number of pyridine rings is 1. The van der Waals surface area contributed by atoms with Crippen molar-refractivity contribution in [3.05, 3.63) is 29.9 Å². The number of amides is 1. The third-order valence-electron chi connectivity index (χ3n) is 3.41. The lowest BCUT2D eigenvalue weighted by Gasteiger charge is -2.22. The lowest BCUT2D eigenvalue weighted by Crippen LogP contribution is -2.35. The lowest BCUT2D eigenvalue weighted by molar-refractivity contribution is -0.114. The third kappa shape index (κ3) is 4.92. The Bertz CT molecular complexity index is 644. The summed E-state index contributed by atoms with van der Waals surface area (Å²) in [5.41, 5.74) is 5.48. The number of primary amides is 1. The number of nitrogens with two attached hydrogens (primary N) is 1. The summed E-state index contributed by atoms with van der Waals surface area (Å²) >= 11 is 0. The standard InChI is InChI=1S/C15H20FN5O3/c1-23-13-6-10(5-12(16)21-13)20-14(17)11(15(18)22)7-19-9-3-2-4-24-8-9/h5-7,9,19H,2-4,8H2,1H3,(H2,18,22)(H2,17,20,21)/b11-7+. The highest BCUT2D eigenvalue weighted by atomic mass is 19.1. The first-order chi connectivity index (χ1) is 11.5. The number of rotatable bonds is 6. The Morgan fingerprint density at radius 1 is 1.58 bits per heavy atom. The summed E-state index contributed by atoms with van der Waals surface area (Å²) in [6.07, 6.45) is 3.20. The van der Waals surface area contributed by atoms with Crippen LogP contribution in [0.15, 0.2) is 23.9 Å². The molecule has 1 amide bonds. The van der Waals surface area contributed by atoms with Gasteiger partial charge in [-0.15, -0.1) is 0 Å². The number of anilines is 1. The number of nitrogens with zero attached hydrogens (tertiary/aromatic N) is 1. The molecule has 1 atom stereocenters. The number of hydrogen-bond donors (Lipinski definition) is 4. The van der Waals surface area contributed by atoms with Crippen LogP contribution in [-0.2, 0) is 9.53 Å². The highest BCUT2D eigenvalue weighted by molar-refractivity contribution is 6.23. The Labute approximate surface area is 138 Å². The summed E-state index contributed by atoms with van der Waals surface area (Å²) in [5, 5.41) is 13.6. The Morgan fingerprint density at radius 3 is 3.00 bits per heavy atom. The molecule has 130 valence electrons. The second-order valence-electron chi connectivity index (χ2n) is 5.22. The molecular formula is C15H20FN5O3. The fourth-order valence-electron chi connectivity index (χ4n) is 2.20. The molecule has 9 heteroatoms. The van der Waals surface area contributed by atoms with Crippen LogP contribution in [-0.4, -0.2) is 43.1 Å². The molecule has 0 aromatic carbocycles. The first-order valence-corrected chi connectivity index (χ1v) is 7.41. The number of halogens is 1. The molecular weight excluding hydrogens is 317 g/mol. The molecule has 1 aliphatic rings. The molecule has 1 aromatic heterocycles. The van der Waals surface area contributed by atoms with Crippen LogP contribution in [0.5, 0.6) is 5.88 Å². The van der Waals surface area contributed by atoms with Crippen LogP contribution < -0.4 is 21.1 Å². The van der Waals surface area contributed by atoms with Gasteiger partial charge < -0.3 is 25.8 Å². The van der Waals surface area contributed by atoms with Gasteiger partial charge in [-0.05, 0) is 12.8 Å². The zero-order chi connectivity index (χ0) is 17.5. The number of nitrogens with one attached hydrogen (secondary N) is 3. The van der Waals surface area contributed by atoms with Crippen molar-refractivity contribution in [3.8, 4) is 5.88 Å². The number of amidine groups is 1. The highest BCUT2D eigenvalue weighted by Gasteiger charge is 2.16. The molecule has 0 radical (unpaired) electrons. The summed E-state index contributed by atoms with van der Waals surface area (Å²) in [6, 6.07) is 2.54. The van der Waals surface area contributed by atoms with Crippen molar-refractivity contribution in [2.24, 2.45) is 5.73 Å². The molecule has 1 aliphatic heterocycles. The zero-order valence-electron chi connectivity index (χ0n) is 13.3. The summed E-state index contributed by atoms with van der Waals surface area (Å²) in [6.45, 7) is 1.24. The summed E-state index contributed by atoms with van der Waals surface area (Å²) in [7, 11) is 1.35. The minimum absolute atomic E-state index is 0.0485. The van der Waals surface area contributed by atoms with E-state index in [9.17, 15) is 9.18 Å². The van der Waals surface area contributed by atoms with Gasteiger partial charge in [-0.1, -0.05) is 0 Å². The third-order valence-corrected chi connectivity index (χ3v) is 3.41. The van der Waals surface area contributed by atoms with Gasteiger partial charge >= 0.3 is 0 Å². The molecule has 8 nitrogen and oxygen atoms in total. The molecule has 2 rings (SSSR count). The number of carbonyl (C=O) groups excluding carboxylic acids is 1. The Balaban J connectivity index is 2.08. The SMILES string of the molecule is COc1cc(NC(=N)/C(=C\NC2CCCOC2)C(N)=O)cc(F)n1. The predicted octanol–water partition coefficient (Wildman–Crippen LogP) is 0.756. The van der Waals surface area contributed by atoms with Gasteiger partial charge in [-0.2, -0.15) is 9.37 Å². The Hall–Kier alpha value is -2.68. The highest BCUT2D eigenvalue weighted by Crippen LogP contribution is 2.17. The van der Waals surface area contributed by atoms with E-state index >= 15 is 0 Å². The van der Waals surface area contributed by atoms with Gasteiger partial charge in [0.1, 0.15) is 5.84 Å². The van der Waals surface area contributed by atoms with E-state index in [0.29, 0.717) is 6.61 Å². The largest absolute Gasteiger partial charge is 0.481 e. The van der Waals surface area contributed by atoms with E-state index in [0.717, 1.165) is 25.5 Å². The van der Waals surface area contributed by atoms with Crippen molar-refractivity contribution in [3.63, 3.8) is 0 Å². The molecule has 2 heterocycles. The van der Waals surface area contributed by atoms with E-state index in [2.05, 4.69) is 15.6 Å². The van der Waals surface area contributed by atoms with Crippen LogP contribution in [0.4, 0.5) is 10.1 Å². The number of hydrogen-bond acceptors (Lipinski definition) is 6. The van der Waals surface area contributed by atoms with Gasteiger partial charge in [-0.3, -0.25) is 10.2 Å². The van der Waals surface area contributed by atoms with Crippen molar-refractivity contribution in [1.82, 2.24) is 10.3 Å². The van der Waals surface area contributed by atoms with E-state index in [4.69, 9.17) is 20.6 Å². The second-order valence-corrected chi connectivity index (χ2v) is 5.22. The van der Waals surface area contributed by atoms with Crippen molar-refractivity contribution in [2.75, 3.05) is 25.6 Å². The monoisotopic (exact) mass is 337 g/mol. The molecule has 1 unspecified atom stereocenters. The molecule has 0 aliphatic carbocycles. The molecule has 1 aromatic rings. The van der Waals surface area contributed by atoms with Gasteiger partial charge in [0, 0.05) is 36.7 Å². The summed E-state index contributed by atoms with van der Waals surface area (Å²) < 4.78 is 23.6. The Morgan fingerprint density at radius 2 is 2.38 bits per heavy atom. The molecule has 5 N–H and O–H groups in total. The van der Waals surface area contributed by atoms with Crippen LogP contribution in [0.25, 0.3) is 0 Å². The van der Waals surface area contributed by atoms with Gasteiger partial charge in [0.15, 0.2) is 0 Å². The number of aromatic nitrogens is 1. The first kappa shape index (κ1) is 17.7. The van der Waals surface area contributed by atoms with Crippen molar-refractivity contribution < 1.29 is 18.7 Å². The van der Waals surface area contributed by atoms with Crippen LogP contribution in [0.2, 0.25) is 0 Å². The Kier molecular flexibility index (Phi) is 6.07. The molecule has 0 saturated carbocycles. The normalized spacial score (nSPS) is 17.9. The molecule has 0 bridgehead atoms. The molecule has 1 saturated heterocycles. The second kappa shape index (κ2) is 8.25. The number of ether oxygens (including phenoxy) is 2. The fraction of sp³-hybridized carbons (Fsp3) is 0.400. The number of carbonyl (C=O) groups is 1. The van der Waals surface area contributed by atoms with Crippen LogP contribution in [0.1, 0.15) is 12.8 Å². The minimum Gasteiger partial charge on any atom is -0.481 e. The number of methoxy groups -OCH3 is 1. The van der Waals surface area contributed by atoms with Gasteiger partial charge in [0.2, 0.25) is 11.8 Å². The van der Waals surface area contributed by atoms with Crippen molar-refractivity contribution in [2.45, 2.75) is 18.9 Å². The quantitative estimate of drug-likeness (QED) is 0.263. The lowest BCUT2D eigenvalue weighted by atomic mass is 10.1. The maximum atomic E-state index is 13.4. The molecule has 1 fully saturated rings.